The number of hydrogen-bond acceptors (Lipinski definition) is 4. The van der Waals surface area contributed by atoms with Gasteiger partial charge < -0.3 is 20.1 Å². The van der Waals surface area contributed by atoms with Crippen LogP contribution in [0.1, 0.15) is 15.9 Å². The second-order valence-corrected chi connectivity index (χ2v) is 6.45. The van der Waals surface area contributed by atoms with Crippen molar-refractivity contribution in [1.82, 2.24) is 0 Å². The van der Waals surface area contributed by atoms with Crippen LogP contribution in [-0.4, -0.2) is 18.6 Å². The third kappa shape index (κ3) is 4.47. The molecule has 7 heteroatoms. The number of benzene rings is 3. The molecule has 3 aromatic carbocycles. The van der Waals surface area contributed by atoms with Crippen molar-refractivity contribution in [2.45, 2.75) is 0 Å². The summed E-state index contributed by atoms with van der Waals surface area (Å²) in [6, 6.07) is 18.0. The number of hydrogen-bond donors (Lipinski definition) is 2. The Morgan fingerprint density at radius 2 is 1.70 bits per heavy atom. The van der Waals surface area contributed by atoms with Gasteiger partial charge in [-0.15, -0.1) is 0 Å². The van der Waals surface area contributed by atoms with Crippen molar-refractivity contribution < 1.29 is 23.5 Å². The average molecular weight is 404 g/mol. The third-order valence-electron chi connectivity index (χ3n) is 4.34. The van der Waals surface area contributed by atoms with E-state index in [0.717, 1.165) is 5.56 Å². The minimum absolute atomic E-state index is 0.0406. The molecule has 4 rings (SSSR count). The van der Waals surface area contributed by atoms with E-state index in [0.29, 0.717) is 22.7 Å². The number of halogens is 1. The van der Waals surface area contributed by atoms with Gasteiger partial charge in [-0.3, -0.25) is 9.59 Å². The Hall–Kier alpha value is -4.13. The first kappa shape index (κ1) is 19.2. The van der Waals surface area contributed by atoms with Crippen molar-refractivity contribution in [3.63, 3.8) is 0 Å². The third-order valence-corrected chi connectivity index (χ3v) is 4.34. The number of carbonyl (C=O) groups is 2. The summed E-state index contributed by atoms with van der Waals surface area (Å²) >= 11 is 0. The lowest BCUT2D eigenvalue weighted by Crippen LogP contribution is -2.13. The first-order valence-corrected chi connectivity index (χ1v) is 9.13. The van der Waals surface area contributed by atoms with Crippen LogP contribution < -0.4 is 20.1 Å². The Kier molecular flexibility index (Phi) is 5.43. The highest BCUT2D eigenvalue weighted by Gasteiger charge is 2.16. The summed E-state index contributed by atoms with van der Waals surface area (Å²) in [5, 5.41) is 5.16. The predicted octanol–water partition coefficient (Wildman–Crippen LogP) is 4.46. The molecule has 1 aliphatic rings. The quantitative estimate of drug-likeness (QED) is 0.616. The lowest BCUT2D eigenvalue weighted by atomic mass is 10.1. The smallest absolute Gasteiger partial charge is 0.255 e. The number of fused-ring (bicyclic) bond motifs is 1. The van der Waals surface area contributed by atoms with E-state index in [-0.39, 0.29) is 12.5 Å². The first-order valence-electron chi connectivity index (χ1n) is 9.13. The molecule has 1 aliphatic heterocycles. The number of rotatable bonds is 5. The molecule has 0 spiro atoms. The zero-order valence-electron chi connectivity index (χ0n) is 15.7. The Bertz CT molecular complexity index is 1130. The molecule has 0 aromatic heterocycles. The Balaban J connectivity index is 1.44. The van der Waals surface area contributed by atoms with Crippen LogP contribution in [0.3, 0.4) is 0 Å². The van der Waals surface area contributed by atoms with E-state index >= 15 is 0 Å². The van der Waals surface area contributed by atoms with Crippen LogP contribution in [0.2, 0.25) is 0 Å². The summed E-state index contributed by atoms with van der Waals surface area (Å²) in [5.74, 6) is -0.447. The van der Waals surface area contributed by atoms with Crippen LogP contribution in [0.5, 0.6) is 11.5 Å². The molecule has 0 saturated heterocycles. The summed E-state index contributed by atoms with van der Waals surface area (Å²) in [6.07, 6.45) is 2.94. The molecular formula is C23H17FN2O4. The largest absolute Gasteiger partial charge is 0.454 e. The lowest BCUT2D eigenvalue weighted by molar-refractivity contribution is -0.111. The summed E-state index contributed by atoms with van der Waals surface area (Å²) in [7, 11) is 0. The highest BCUT2D eigenvalue weighted by atomic mass is 19.1. The number of amides is 2. The zero-order valence-corrected chi connectivity index (χ0v) is 15.7. The monoisotopic (exact) mass is 404 g/mol. The van der Waals surface area contributed by atoms with Crippen LogP contribution in [0.25, 0.3) is 6.08 Å². The van der Waals surface area contributed by atoms with E-state index in [1.807, 2.05) is 30.3 Å². The maximum atomic E-state index is 14.1. The van der Waals surface area contributed by atoms with Gasteiger partial charge in [0.2, 0.25) is 12.7 Å². The molecule has 2 N–H and O–H groups in total. The van der Waals surface area contributed by atoms with E-state index in [9.17, 15) is 14.0 Å². The Morgan fingerprint density at radius 3 is 2.53 bits per heavy atom. The van der Waals surface area contributed by atoms with Gasteiger partial charge >= 0.3 is 0 Å². The SMILES string of the molecule is O=C(/C=C/c1ccccc1)Nc1cc(NC(=O)c2ccc3c(c2)OCO3)ccc1F. The van der Waals surface area contributed by atoms with Crippen LogP contribution in [0.15, 0.2) is 72.8 Å². The van der Waals surface area contributed by atoms with Crippen molar-refractivity contribution >= 4 is 29.3 Å². The minimum Gasteiger partial charge on any atom is -0.454 e. The van der Waals surface area contributed by atoms with Crippen molar-refractivity contribution in [3.05, 3.63) is 89.8 Å². The van der Waals surface area contributed by atoms with Gasteiger partial charge in [-0.1, -0.05) is 30.3 Å². The average Bonchev–Trinajstić information content (AvgIpc) is 3.23. The lowest BCUT2D eigenvalue weighted by Gasteiger charge is -2.09. The summed E-state index contributed by atoms with van der Waals surface area (Å²) in [6.45, 7) is 0.111. The van der Waals surface area contributed by atoms with Crippen molar-refractivity contribution in [1.29, 1.82) is 0 Å². The molecule has 0 bridgehead atoms. The van der Waals surface area contributed by atoms with E-state index in [1.54, 1.807) is 24.3 Å². The molecule has 0 aliphatic carbocycles. The minimum atomic E-state index is -0.613. The summed E-state index contributed by atoms with van der Waals surface area (Å²) in [4.78, 5) is 24.6. The standard InChI is InChI=1S/C23H17FN2O4/c24-18-9-8-17(25-23(28)16-7-10-20-21(12-16)30-14-29-20)13-19(18)26-22(27)11-6-15-4-2-1-3-5-15/h1-13H,14H2,(H,25,28)(H,26,27)/b11-6+. The molecule has 0 unspecified atom stereocenters. The van der Waals surface area contributed by atoms with Crippen LogP contribution >= 0.6 is 0 Å². The fourth-order valence-corrected chi connectivity index (χ4v) is 2.85. The molecule has 0 atom stereocenters. The highest BCUT2D eigenvalue weighted by molar-refractivity contribution is 6.06. The van der Waals surface area contributed by atoms with Crippen molar-refractivity contribution in [3.8, 4) is 11.5 Å². The van der Waals surface area contributed by atoms with Gasteiger partial charge in [0, 0.05) is 17.3 Å². The second-order valence-electron chi connectivity index (χ2n) is 6.45. The highest BCUT2D eigenvalue weighted by Crippen LogP contribution is 2.32. The molecule has 0 fully saturated rings. The van der Waals surface area contributed by atoms with E-state index in [2.05, 4.69) is 10.6 Å². The number of nitrogens with one attached hydrogen (secondary N) is 2. The van der Waals surface area contributed by atoms with Crippen molar-refractivity contribution in [2.24, 2.45) is 0 Å². The molecule has 150 valence electrons. The van der Waals surface area contributed by atoms with Gasteiger partial charge in [0.25, 0.3) is 5.91 Å². The molecule has 6 nitrogen and oxygen atoms in total. The van der Waals surface area contributed by atoms with Gasteiger partial charge in [-0.2, -0.15) is 0 Å². The fourth-order valence-electron chi connectivity index (χ4n) is 2.85. The van der Waals surface area contributed by atoms with Gasteiger partial charge in [-0.05, 0) is 48.0 Å². The maximum Gasteiger partial charge on any atom is 0.255 e. The maximum absolute atomic E-state index is 14.1. The number of ether oxygens (including phenoxy) is 2. The van der Waals surface area contributed by atoms with Crippen LogP contribution in [0, 0.1) is 5.82 Å². The van der Waals surface area contributed by atoms with E-state index < -0.39 is 17.6 Å². The predicted molar refractivity (Wildman–Crippen MR) is 111 cm³/mol. The molecule has 30 heavy (non-hydrogen) atoms. The molecule has 0 saturated carbocycles. The zero-order chi connectivity index (χ0) is 20.9. The van der Waals surface area contributed by atoms with Crippen molar-refractivity contribution in [2.75, 3.05) is 17.4 Å². The molecule has 2 amide bonds. The van der Waals surface area contributed by atoms with E-state index in [1.165, 1.54) is 24.3 Å². The molecule has 3 aromatic rings. The normalized spacial score (nSPS) is 12.0. The van der Waals surface area contributed by atoms with Gasteiger partial charge in [0.05, 0.1) is 5.69 Å². The van der Waals surface area contributed by atoms with Gasteiger partial charge in [0.1, 0.15) is 5.82 Å². The number of carbonyl (C=O) groups excluding carboxylic acids is 2. The fraction of sp³-hybridized carbons (Fsp3) is 0.0435. The molecule has 0 radical (unpaired) electrons. The Morgan fingerprint density at radius 1 is 0.900 bits per heavy atom. The van der Waals surface area contributed by atoms with Gasteiger partial charge in [-0.25, -0.2) is 4.39 Å². The second kappa shape index (κ2) is 8.48. The summed E-state index contributed by atoms with van der Waals surface area (Å²) in [5.41, 5.74) is 1.50. The Labute approximate surface area is 171 Å². The van der Waals surface area contributed by atoms with E-state index in [4.69, 9.17) is 9.47 Å². The summed E-state index contributed by atoms with van der Waals surface area (Å²) < 4.78 is 24.6. The first-order chi connectivity index (χ1) is 14.6. The molecule has 1 heterocycles. The topological polar surface area (TPSA) is 76.7 Å². The van der Waals surface area contributed by atoms with Crippen LogP contribution in [-0.2, 0) is 4.79 Å². The van der Waals surface area contributed by atoms with Gasteiger partial charge in [0.15, 0.2) is 11.5 Å². The number of anilines is 2. The molecular weight excluding hydrogens is 387 g/mol. The van der Waals surface area contributed by atoms with Crippen LogP contribution in [0.4, 0.5) is 15.8 Å².